The molecule has 0 unspecified atom stereocenters. The predicted octanol–water partition coefficient (Wildman–Crippen LogP) is 0.991. The Bertz CT molecular complexity index is 211. The molecule has 82 valence electrons. The van der Waals surface area contributed by atoms with Crippen LogP contribution in [0.4, 0.5) is 0 Å². The Hall–Kier alpha value is -0.410. The maximum Gasteiger partial charge on any atom is 0.148 e. The lowest BCUT2D eigenvalue weighted by Crippen LogP contribution is -2.39. The third-order valence-electron chi connectivity index (χ3n) is 2.89. The van der Waals surface area contributed by atoms with Crippen LogP contribution in [0, 0.1) is 0 Å². The monoisotopic (exact) mass is 198 g/mol. The average molecular weight is 198 g/mol. The number of rotatable bonds is 4. The van der Waals surface area contributed by atoms with Gasteiger partial charge in [0.25, 0.3) is 0 Å². The minimum Gasteiger partial charge on any atom is -0.309 e. The van der Waals surface area contributed by atoms with E-state index in [1.165, 1.54) is 0 Å². The number of Topliss-reactive ketones (excluding diaryl/α,β-unsaturated/α-hetero) is 1. The summed E-state index contributed by atoms with van der Waals surface area (Å²) in [5, 5.41) is 0. The van der Waals surface area contributed by atoms with Gasteiger partial charge in [-0.05, 0) is 40.9 Å². The van der Waals surface area contributed by atoms with E-state index in [0.29, 0.717) is 12.3 Å². The highest BCUT2D eigenvalue weighted by molar-refractivity contribution is 5.84. The maximum absolute atomic E-state index is 11.3. The van der Waals surface area contributed by atoms with Crippen LogP contribution in [0.2, 0.25) is 0 Å². The van der Waals surface area contributed by atoms with Crippen LogP contribution in [-0.4, -0.2) is 54.9 Å². The molecular weight excluding hydrogens is 176 g/mol. The average Bonchev–Trinajstić information content (AvgIpc) is 2.24. The normalized spacial score (nSPS) is 22.2. The summed E-state index contributed by atoms with van der Waals surface area (Å²) in [5.41, 5.74) is 0.0867. The lowest BCUT2D eigenvalue weighted by molar-refractivity contribution is -0.117. The number of hydrogen-bond acceptors (Lipinski definition) is 3. The molecule has 1 aliphatic heterocycles. The van der Waals surface area contributed by atoms with E-state index in [1.54, 1.807) is 0 Å². The minimum atomic E-state index is 0.0867. The van der Waals surface area contributed by atoms with Gasteiger partial charge in [0.05, 0.1) is 6.54 Å². The highest BCUT2D eigenvalue weighted by Gasteiger charge is 2.36. The number of carbonyl (C=O) groups excluding carboxylic acids is 1. The number of ketones is 1. The zero-order valence-corrected chi connectivity index (χ0v) is 9.84. The summed E-state index contributed by atoms with van der Waals surface area (Å²) in [4.78, 5) is 15.8. The number of nitrogens with zero attached hydrogens (tertiary/aromatic N) is 2. The second-order valence-corrected chi connectivity index (χ2v) is 5.11. The van der Waals surface area contributed by atoms with Crippen molar-refractivity contribution in [3.05, 3.63) is 0 Å². The highest BCUT2D eigenvalue weighted by Crippen LogP contribution is 2.25. The third-order valence-corrected chi connectivity index (χ3v) is 2.89. The fourth-order valence-electron chi connectivity index (χ4n) is 2.04. The van der Waals surface area contributed by atoms with Crippen LogP contribution in [0.15, 0.2) is 0 Å². The Labute approximate surface area is 87.1 Å². The van der Waals surface area contributed by atoms with Gasteiger partial charge in [-0.15, -0.1) is 0 Å². The van der Waals surface area contributed by atoms with Crippen molar-refractivity contribution >= 4 is 5.78 Å². The molecule has 0 aromatic carbocycles. The first-order valence-corrected chi connectivity index (χ1v) is 5.33. The molecule has 3 nitrogen and oxygen atoms in total. The van der Waals surface area contributed by atoms with Gasteiger partial charge >= 0.3 is 0 Å². The Morgan fingerprint density at radius 3 is 2.50 bits per heavy atom. The van der Waals surface area contributed by atoms with Crippen molar-refractivity contribution in [3.63, 3.8) is 0 Å². The van der Waals surface area contributed by atoms with Crippen LogP contribution in [0.3, 0.4) is 0 Å². The molecule has 1 rings (SSSR count). The van der Waals surface area contributed by atoms with Gasteiger partial charge in [-0.1, -0.05) is 0 Å². The van der Waals surface area contributed by atoms with Crippen LogP contribution >= 0.6 is 0 Å². The summed E-state index contributed by atoms with van der Waals surface area (Å²) >= 11 is 0. The van der Waals surface area contributed by atoms with Crippen molar-refractivity contribution in [2.45, 2.75) is 32.2 Å². The van der Waals surface area contributed by atoms with Crippen molar-refractivity contribution in [1.29, 1.82) is 0 Å². The molecule has 0 N–H and O–H groups in total. The van der Waals surface area contributed by atoms with E-state index in [9.17, 15) is 4.79 Å². The van der Waals surface area contributed by atoms with E-state index in [2.05, 4.69) is 37.7 Å². The quantitative estimate of drug-likeness (QED) is 0.673. The van der Waals surface area contributed by atoms with E-state index in [4.69, 9.17) is 0 Å². The van der Waals surface area contributed by atoms with Gasteiger partial charge in [0.15, 0.2) is 0 Å². The summed E-state index contributed by atoms with van der Waals surface area (Å²) < 4.78 is 0. The molecule has 0 atom stereocenters. The molecule has 0 aromatic rings. The zero-order valence-electron chi connectivity index (χ0n) is 9.84. The molecule has 0 amide bonds. The van der Waals surface area contributed by atoms with E-state index in [1.807, 2.05) is 0 Å². The van der Waals surface area contributed by atoms with Gasteiger partial charge in [-0.2, -0.15) is 0 Å². The Morgan fingerprint density at radius 2 is 2.07 bits per heavy atom. The minimum absolute atomic E-state index is 0.0867. The molecular formula is C11H22N2O. The number of hydrogen-bond donors (Lipinski definition) is 0. The molecule has 0 aliphatic carbocycles. The van der Waals surface area contributed by atoms with Crippen LogP contribution in [0.5, 0.6) is 0 Å². The van der Waals surface area contributed by atoms with Gasteiger partial charge in [0.1, 0.15) is 5.78 Å². The predicted molar refractivity (Wildman–Crippen MR) is 58.4 cm³/mol. The number of likely N-dealkylation sites (tertiary alicyclic amines) is 1. The van der Waals surface area contributed by atoms with Crippen molar-refractivity contribution in [2.75, 3.05) is 33.7 Å². The molecule has 0 bridgehead atoms. The van der Waals surface area contributed by atoms with Crippen LogP contribution in [-0.2, 0) is 4.79 Å². The largest absolute Gasteiger partial charge is 0.309 e. The topological polar surface area (TPSA) is 23.6 Å². The fourth-order valence-corrected chi connectivity index (χ4v) is 2.04. The van der Waals surface area contributed by atoms with Gasteiger partial charge in [0, 0.05) is 18.5 Å². The van der Waals surface area contributed by atoms with Gasteiger partial charge in [-0.25, -0.2) is 0 Å². The fraction of sp³-hybridized carbons (Fsp3) is 0.909. The van der Waals surface area contributed by atoms with Crippen LogP contribution < -0.4 is 0 Å². The summed E-state index contributed by atoms with van der Waals surface area (Å²) in [6.07, 6.45) is 1.86. The molecule has 1 heterocycles. The first-order valence-electron chi connectivity index (χ1n) is 5.33. The van der Waals surface area contributed by atoms with E-state index < -0.39 is 0 Å². The molecule has 1 saturated heterocycles. The Kier molecular flexibility index (Phi) is 3.67. The lowest BCUT2D eigenvalue weighted by Gasteiger charge is -2.30. The second-order valence-electron chi connectivity index (χ2n) is 5.11. The first-order chi connectivity index (χ1) is 6.42. The van der Waals surface area contributed by atoms with Crippen LogP contribution in [0.1, 0.15) is 26.7 Å². The molecule has 0 saturated carbocycles. The SMILES string of the molecule is CN(C)CCCN1CC(=O)CC1(C)C. The maximum atomic E-state index is 11.3. The van der Waals surface area contributed by atoms with Crippen molar-refractivity contribution in [2.24, 2.45) is 0 Å². The molecule has 0 spiro atoms. The smallest absolute Gasteiger partial charge is 0.148 e. The molecule has 1 fully saturated rings. The molecule has 0 aromatic heterocycles. The number of carbonyl (C=O) groups is 1. The van der Waals surface area contributed by atoms with Gasteiger partial charge in [-0.3, -0.25) is 9.69 Å². The van der Waals surface area contributed by atoms with Crippen molar-refractivity contribution in [3.8, 4) is 0 Å². The highest BCUT2D eigenvalue weighted by atomic mass is 16.1. The lowest BCUT2D eigenvalue weighted by atomic mass is 10.0. The molecule has 1 aliphatic rings. The van der Waals surface area contributed by atoms with E-state index >= 15 is 0 Å². The third kappa shape index (κ3) is 3.07. The van der Waals surface area contributed by atoms with Crippen molar-refractivity contribution in [1.82, 2.24) is 9.80 Å². The summed E-state index contributed by atoms with van der Waals surface area (Å²) in [6.45, 7) is 7.11. The van der Waals surface area contributed by atoms with Crippen molar-refractivity contribution < 1.29 is 4.79 Å². The van der Waals surface area contributed by atoms with Gasteiger partial charge < -0.3 is 4.90 Å². The molecule has 3 heteroatoms. The zero-order chi connectivity index (χ0) is 10.8. The van der Waals surface area contributed by atoms with Crippen LogP contribution in [0.25, 0.3) is 0 Å². The van der Waals surface area contributed by atoms with Gasteiger partial charge in [0.2, 0.25) is 0 Å². The Balaban J connectivity index is 2.34. The van der Waals surface area contributed by atoms with E-state index in [-0.39, 0.29) is 5.54 Å². The summed E-state index contributed by atoms with van der Waals surface area (Å²) in [6, 6.07) is 0. The standard InChI is InChI=1S/C11H22N2O/c1-11(2)8-10(14)9-13(11)7-5-6-12(3)4/h5-9H2,1-4H3. The van der Waals surface area contributed by atoms with E-state index in [0.717, 1.165) is 25.9 Å². The second kappa shape index (κ2) is 4.41. The summed E-state index contributed by atoms with van der Waals surface area (Å²) in [7, 11) is 4.17. The Morgan fingerprint density at radius 1 is 1.43 bits per heavy atom. The summed E-state index contributed by atoms with van der Waals surface area (Å²) in [5.74, 6) is 0.389. The first kappa shape index (κ1) is 11.7. The molecule has 0 radical (unpaired) electrons. The molecule has 14 heavy (non-hydrogen) atoms.